The molecule has 1 saturated heterocycles. The Morgan fingerprint density at radius 1 is 1.27 bits per heavy atom. The van der Waals surface area contributed by atoms with E-state index < -0.39 is 23.7 Å². The molecular weight excluding hydrogens is 352 g/mol. The highest BCUT2D eigenvalue weighted by Gasteiger charge is 2.59. The minimum absolute atomic E-state index is 0.121. The van der Waals surface area contributed by atoms with Crippen molar-refractivity contribution in [1.82, 2.24) is 4.98 Å². The van der Waals surface area contributed by atoms with E-state index in [9.17, 15) is 19.5 Å². The molecule has 1 N–H and O–H groups in total. The largest absolute Gasteiger partial charge is 0.477 e. The molecule has 2 unspecified atom stereocenters. The molecule has 7 heteroatoms. The maximum atomic E-state index is 13.2. The molecule has 1 amide bonds. The van der Waals surface area contributed by atoms with E-state index in [2.05, 4.69) is 4.98 Å². The lowest BCUT2D eigenvalue weighted by Crippen LogP contribution is -2.62. The van der Waals surface area contributed by atoms with Crippen LogP contribution >= 0.6 is 11.3 Å². The van der Waals surface area contributed by atoms with E-state index in [0.717, 1.165) is 16.9 Å². The molecule has 3 rings (SSSR count). The lowest BCUT2D eigenvalue weighted by atomic mass is 9.91. The molecule has 136 valence electrons. The highest BCUT2D eigenvalue weighted by Crippen LogP contribution is 2.40. The molecule has 3 atom stereocenters. The molecule has 1 fully saturated rings. The molecule has 1 aromatic heterocycles. The van der Waals surface area contributed by atoms with Crippen LogP contribution in [0.5, 0.6) is 0 Å². The quantitative estimate of drug-likeness (QED) is 0.478. The summed E-state index contributed by atoms with van der Waals surface area (Å²) in [5.74, 6) is -2.68. The van der Waals surface area contributed by atoms with Crippen molar-refractivity contribution in [2.45, 2.75) is 31.7 Å². The van der Waals surface area contributed by atoms with E-state index in [1.165, 1.54) is 6.20 Å². The van der Waals surface area contributed by atoms with Crippen molar-refractivity contribution in [1.29, 1.82) is 0 Å². The van der Waals surface area contributed by atoms with Gasteiger partial charge in [0.05, 0.1) is 19.0 Å². The molecule has 0 bridgehead atoms. The molecule has 0 radical (unpaired) electrons. The number of carboxylic acids is 1. The highest BCUT2D eigenvalue weighted by atomic mass is 32.1. The number of hydrogen-bond donors (Lipinski definition) is 1. The Labute approximate surface area is 155 Å². The SMILES string of the molecule is CCC[N+]1(C(=O)C(=O)c2nccs2)CCC(c2ccccc2)[C@H]1C(=O)O. The first kappa shape index (κ1) is 18.4. The number of thiazole rings is 1. The van der Waals surface area contributed by atoms with Gasteiger partial charge in [-0.1, -0.05) is 37.3 Å². The molecule has 1 aliphatic heterocycles. The fourth-order valence-electron chi connectivity index (χ4n) is 4.05. The average molecular weight is 373 g/mol. The first-order valence-electron chi connectivity index (χ1n) is 8.64. The smallest absolute Gasteiger partial charge is 0.390 e. The summed E-state index contributed by atoms with van der Waals surface area (Å²) in [6.45, 7) is 2.58. The lowest BCUT2D eigenvalue weighted by molar-refractivity contribution is -0.855. The molecule has 2 heterocycles. The second kappa shape index (κ2) is 7.47. The van der Waals surface area contributed by atoms with Crippen molar-refractivity contribution in [2.75, 3.05) is 13.1 Å². The monoisotopic (exact) mass is 373 g/mol. The molecule has 0 aliphatic carbocycles. The Balaban J connectivity index is 2.03. The van der Waals surface area contributed by atoms with Gasteiger partial charge in [0.1, 0.15) is 0 Å². The minimum atomic E-state index is -1.04. The van der Waals surface area contributed by atoms with Crippen molar-refractivity contribution in [2.24, 2.45) is 0 Å². The van der Waals surface area contributed by atoms with E-state index in [1.807, 2.05) is 37.3 Å². The number of carboxylic acid groups (broad SMARTS) is 1. The van der Waals surface area contributed by atoms with Crippen molar-refractivity contribution in [3.63, 3.8) is 0 Å². The summed E-state index contributed by atoms with van der Waals surface area (Å²) < 4.78 is -0.330. The normalized spacial score (nSPS) is 25.1. The van der Waals surface area contributed by atoms with E-state index in [4.69, 9.17) is 0 Å². The summed E-state index contributed by atoms with van der Waals surface area (Å²) in [5, 5.41) is 11.7. The number of ketones is 1. The first-order valence-corrected chi connectivity index (χ1v) is 9.52. The standard InChI is InChI=1S/C19H20N2O4S/c1-2-10-21(18(23)16(22)17-20-9-12-26-17)11-8-14(15(21)19(24)25)13-6-4-3-5-7-13/h3-7,9,12,14-15H,2,8,10-11H2,1H3/p+1/t14?,15-,21?/m0/s1. The summed E-state index contributed by atoms with van der Waals surface area (Å²) in [4.78, 5) is 42.0. The van der Waals surface area contributed by atoms with E-state index in [1.54, 1.807) is 5.38 Å². The highest BCUT2D eigenvalue weighted by molar-refractivity contribution is 7.12. The van der Waals surface area contributed by atoms with Crippen LogP contribution < -0.4 is 0 Å². The number of likely N-dealkylation sites (tertiary alicyclic amines) is 1. The topological polar surface area (TPSA) is 84.3 Å². The van der Waals surface area contributed by atoms with Gasteiger partial charge in [-0.3, -0.25) is 4.79 Å². The third kappa shape index (κ3) is 3.08. The van der Waals surface area contributed by atoms with Crippen LogP contribution in [-0.4, -0.2) is 51.4 Å². The molecule has 6 nitrogen and oxygen atoms in total. The van der Waals surface area contributed by atoms with Gasteiger partial charge in [0.25, 0.3) is 0 Å². The van der Waals surface area contributed by atoms with Gasteiger partial charge >= 0.3 is 17.7 Å². The number of aromatic nitrogens is 1. The number of quaternary nitrogens is 1. The lowest BCUT2D eigenvalue weighted by Gasteiger charge is -2.35. The third-order valence-corrected chi connectivity index (χ3v) is 5.85. The summed E-state index contributed by atoms with van der Waals surface area (Å²) in [6, 6.07) is 8.42. The molecule has 1 aromatic carbocycles. The Kier molecular flexibility index (Phi) is 5.29. The number of hydrogen-bond acceptors (Lipinski definition) is 5. The van der Waals surface area contributed by atoms with Crippen molar-refractivity contribution < 1.29 is 24.0 Å². The van der Waals surface area contributed by atoms with Crippen molar-refractivity contribution in [3.05, 3.63) is 52.5 Å². The van der Waals surface area contributed by atoms with Crippen LogP contribution in [0.3, 0.4) is 0 Å². The van der Waals surface area contributed by atoms with Crippen LogP contribution in [0, 0.1) is 0 Å². The van der Waals surface area contributed by atoms with Gasteiger partial charge in [0, 0.05) is 18.0 Å². The zero-order chi connectivity index (χ0) is 18.7. The van der Waals surface area contributed by atoms with Gasteiger partial charge < -0.3 is 5.11 Å². The molecule has 26 heavy (non-hydrogen) atoms. The Hall–Kier alpha value is -2.38. The van der Waals surface area contributed by atoms with Gasteiger partial charge in [-0.05, 0) is 12.0 Å². The van der Waals surface area contributed by atoms with Gasteiger partial charge in [-0.2, -0.15) is 0 Å². The molecule has 1 aliphatic rings. The van der Waals surface area contributed by atoms with Crippen LogP contribution in [0.4, 0.5) is 0 Å². The number of amides is 1. The van der Waals surface area contributed by atoms with E-state index in [-0.39, 0.29) is 15.4 Å². The zero-order valence-electron chi connectivity index (χ0n) is 14.5. The predicted molar refractivity (Wildman–Crippen MR) is 97.0 cm³/mol. The van der Waals surface area contributed by atoms with Crippen LogP contribution in [0.2, 0.25) is 0 Å². The fourth-order valence-corrected chi connectivity index (χ4v) is 4.62. The summed E-state index contributed by atoms with van der Waals surface area (Å²) in [6.07, 6.45) is 2.64. The Morgan fingerprint density at radius 2 is 2.00 bits per heavy atom. The van der Waals surface area contributed by atoms with Crippen LogP contribution in [0.1, 0.15) is 41.0 Å². The summed E-state index contributed by atoms with van der Waals surface area (Å²) in [5.41, 5.74) is 0.894. The van der Waals surface area contributed by atoms with Crippen LogP contribution in [0.15, 0.2) is 41.9 Å². The number of Topliss-reactive ketones (excluding diaryl/α,β-unsaturated/α-hetero) is 1. The molecule has 0 spiro atoms. The van der Waals surface area contributed by atoms with Crippen LogP contribution in [0.25, 0.3) is 0 Å². The Morgan fingerprint density at radius 3 is 2.58 bits per heavy atom. The number of rotatable bonds is 6. The van der Waals surface area contributed by atoms with Gasteiger partial charge in [0.2, 0.25) is 6.04 Å². The molecular formula is C19H21N2O4S+. The first-order chi connectivity index (χ1) is 12.5. The van der Waals surface area contributed by atoms with Crippen molar-refractivity contribution in [3.8, 4) is 0 Å². The zero-order valence-corrected chi connectivity index (χ0v) is 15.3. The maximum absolute atomic E-state index is 13.2. The molecule has 2 aromatic rings. The summed E-state index contributed by atoms with van der Waals surface area (Å²) >= 11 is 1.10. The van der Waals surface area contributed by atoms with Crippen molar-refractivity contribution >= 4 is 29.0 Å². The minimum Gasteiger partial charge on any atom is -0.477 e. The van der Waals surface area contributed by atoms with E-state index >= 15 is 0 Å². The predicted octanol–water partition coefficient (Wildman–Crippen LogP) is 2.72. The second-order valence-electron chi connectivity index (χ2n) is 6.54. The third-order valence-electron chi connectivity index (χ3n) is 5.08. The fraction of sp³-hybridized carbons (Fsp3) is 0.368. The van der Waals surface area contributed by atoms with Gasteiger partial charge in [0.15, 0.2) is 5.01 Å². The number of carbonyl (C=O) groups excluding carboxylic acids is 2. The number of aliphatic carboxylic acids is 1. The van der Waals surface area contributed by atoms with E-state index in [0.29, 0.717) is 25.9 Å². The number of benzene rings is 1. The maximum Gasteiger partial charge on any atom is 0.390 e. The summed E-state index contributed by atoms with van der Waals surface area (Å²) in [7, 11) is 0. The Bertz CT molecular complexity index is 806. The second-order valence-corrected chi connectivity index (χ2v) is 7.44. The number of carbonyl (C=O) groups is 3. The van der Waals surface area contributed by atoms with Gasteiger partial charge in [-0.25, -0.2) is 19.1 Å². The van der Waals surface area contributed by atoms with Crippen LogP contribution in [-0.2, 0) is 9.59 Å². The number of nitrogens with zero attached hydrogens (tertiary/aromatic N) is 2. The molecule has 0 saturated carbocycles. The average Bonchev–Trinajstić information content (AvgIpc) is 3.30. The van der Waals surface area contributed by atoms with Gasteiger partial charge in [-0.15, -0.1) is 11.3 Å².